The highest BCUT2D eigenvalue weighted by atomic mass is 32.2. The second-order valence-corrected chi connectivity index (χ2v) is 10.3. The minimum atomic E-state index is -3.83. The second-order valence-electron chi connectivity index (χ2n) is 8.28. The number of esters is 1. The number of carbonyl (C=O) groups excluding carboxylic acids is 1. The first kappa shape index (κ1) is 24.1. The average Bonchev–Trinajstić information content (AvgIpc) is 2.86. The van der Waals surface area contributed by atoms with Gasteiger partial charge in [0.05, 0.1) is 30.0 Å². The summed E-state index contributed by atoms with van der Waals surface area (Å²) >= 11 is 0. The van der Waals surface area contributed by atoms with Gasteiger partial charge >= 0.3 is 5.97 Å². The normalized spacial score (nSPS) is 18.7. The van der Waals surface area contributed by atoms with Gasteiger partial charge in [0.2, 0.25) is 10.0 Å². The average molecular weight is 485 g/mol. The zero-order chi connectivity index (χ0) is 24.3. The number of benzene rings is 2. The van der Waals surface area contributed by atoms with E-state index in [0.717, 1.165) is 22.2 Å². The summed E-state index contributed by atoms with van der Waals surface area (Å²) in [5.74, 6) is -0.590. The molecular weight excluding hydrogens is 456 g/mol. The van der Waals surface area contributed by atoms with Gasteiger partial charge in [0.1, 0.15) is 12.4 Å². The number of carbonyl (C=O) groups is 1. The number of methoxy groups -OCH3 is 1. The van der Waals surface area contributed by atoms with E-state index >= 15 is 0 Å². The van der Waals surface area contributed by atoms with Crippen LogP contribution in [-0.4, -0.2) is 57.1 Å². The lowest BCUT2D eigenvalue weighted by atomic mass is 9.96. The number of ether oxygens (including phenoxy) is 3. The van der Waals surface area contributed by atoms with E-state index in [9.17, 15) is 13.2 Å². The molecular formula is C25H28N2O6S. The van der Waals surface area contributed by atoms with Crippen LogP contribution in [0, 0.1) is 12.8 Å². The molecule has 1 aliphatic heterocycles. The molecule has 8 nitrogen and oxygen atoms in total. The van der Waals surface area contributed by atoms with Gasteiger partial charge in [-0.3, -0.25) is 9.78 Å². The Morgan fingerprint density at radius 3 is 2.65 bits per heavy atom. The summed E-state index contributed by atoms with van der Waals surface area (Å²) in [6, 6.07) is 15.6. The molecule has 1 saturated heterocycles. The highest BCUT2D eigenvalue weighted by Crippen LogP contribution is 2.28. The van der Waals surface area contributed by atoms with E-state index in [1.165, 1.54) is 30.6 Å². The largest absolute Gasteiger partial charge is 0.489 e. The van der Waals surface area contributed by atoms with Crippen LogP contribution in [0.15, 0.2) is 59.5 Å². The van der Waals surface area contributed by atoms with Gasteiger partial charge in [-0.05, 0) is 49.7 Å². The molecule has 3 aromatic rings. The van der Waals surface area contributed by atoms with Crippen molar-refractivity contribution in [1.82, 2.24) is 9.29 Å². The van der Waals surface area contributed by atoms with Crippen LogP contribution in [0.4, 0.5) is 0 Å². The molecule has 0 saturated carbocycles. The Morgan fingerprint density at radius 2 is 1.91 bits per heavy atom. The molecule has 1 fully saturated rings. The smallest absolute Gasteiger partial charge is 0.312 e. The highest BCUT2D eigenvalue weighted by molar-refractivity contribution is 7.89. The van der Waals surface area contributed by atoms with E-state index in [1.807, 2.05) is 37.3 Å². The van der Waals surface area contributed by atoms with Crippen LogP contribution in [-0.2, 0) is 30.9 Å². The Bertz CT molecular complexity index is 1280. The Hall–Kier alpha value is -3.01. The molecule has 0 spiro atoms. The number of aryl methyl sites for hydroxylation is 1. The molecule has 9 heteroatoms. The number of aromatic nitrogens is 1. The Balaban J connectivity index is 1.49. The maximum absolute atomic E-state index is 13.2. The van der Waals surface area contributed by atoms with Crippen molar-refractivity contribution in [3.63, 3.8) is 0 Å². The number of sulfonamides is 1. The van der Waals surface area contributed by atoms with Crippen LogP contribution in [0.3, 0.4) is 0 Å². The van der Waals surface area contributed by atoms with E-state index in [1.54, 1.807) is 12.1 Å². The Kier molecular flexibility index (Phi) is 7.16. The fourth-order valence-corrected chi connectivity index (χ4v) is 5.69. The summed E-state index contributed by atoms with van der Waals surface area (Å²) in [4.78, 5) is 16.8. The third-order valence-electron chi connectivity index (χ3n) is 6.12. The molecule has 180 valence electrons. The van der Waals surface area contributed by atoms with E-state index < -0.39 is 28.0 Å². The first-order valence-corrected chi connectivity index (χ1v) is 12.5. The SMILES string of the molecule is COC(=O)C1COCCC1N(C)S(=O)(=O)c1ccc(OCc2cc(C)nc3ccccc23)cc1. The van der Waals surface area contributed by atoms with Gasteiger partial charge in [-0.25, -0.2) is 8.42 Å². The minimum absolute atomic E-state index is 0.127. The fraction of sp³-hybridized carbons (Fsp3) is 0.360. The molecule has 2 unspecified atom stereocenters. The molecule has 0 N–H and O–H groups in total. The van der Waals surface area contributed by atoms with Crippen molar-refractivity contribution >= 4 is 26.9 Å². The topological polar surface area (TPSA) is 95.0 Å². The zero-order valence-corrected chi connectivity index (χ0v) is 20.2. The number of nitrogens with zero attached hydrogens (tertiary/aromatic N) is 2. The number of rotatable bonds is 7. The molecule has 1 aromatic heterocycles. The van der Waals surface area contributed by atoms with Gasteiger partial charge in [-0.2, -0.15) is 4.31 Å². The summed E-state index contributed by atoms with van der Waals surface area (Å²) in [5, 5.41) is 1.02. The van der Waals surface area contributed by atoms with Crippen molar-refractivity contribution in [2.24, 2.45) is 5.92 Å². The van der Waals surface area contributed by atoms with Gasteiger partial charge < -0.3 is 14.2 Å². The number of fused-ring (bicyclic) bond motifs is 1. The van der Waals surface area contributed by atoms with Crippen LogP contribution in [0.1, 0.15) is 17.7 Å². The maximum atomic E-state index is 13.2. The van der Waals surface area contributed by atoms with Crippen LogP contribution in [0.5, 0.6) is 5.75 Å². The summed E-state index contributed by atoms with van der Waals surface area (Å²) in [7, 11) is -1.05. The summed E-state index contributed by atoms with van der Waals surface area (Å²) < 4.78 is 43.9. The monoisotopic (exact) mass is 484 g/mol. The molecule has 0 bridgehead atoms. The second kappa shape index (κ2) is 10.1. The van der Waals surface area contributed by atoms with E-state index in [-0.39, 0.29) is 11.5 Å². The van der Waals surface area contributed by atoms with Gasteiger partial charge in [-0.1, -0.05) is 18.2 Å². The van der Waals surface area contributed by atoms with Crippen molar-refractivity contribution in [3.8, 4) is 5.75 Å². The van der Waals surface area contributed by atoms with E-state index in [0.29, 0.717) is 25.4 Å². The third-order valence-corrected chi connectivity index (χ3v) is 8.01. The third kappa shape index (κ3) is 4.91. The van der Waals surface area contributed by atoms with Crippen LogP contribution >= 0.6 is 0 Å². The summed E-state index contributed by atoms with van der Waals surface area (Å²) in [6.45, 7) is 2.79. The van der Waals surface area contributed by atoms with Crippen LogP contribution < -0.4 is 4.74 Å². The minimum Gasteiger partial charge on any atom is -0.489 e. The van der Waals surface area contributed by atoms with Gasteiger partial charge in [0, 0.05) is 36.3 Å². The molecule has 0 radical (unpaired) electrons. The summed E-state index contributed by atoms with van der Waals surface area (Å²) in [6.07, 6.45) is 0.413. The molecule has 2 atom stereocenters. The number of para-hydroxylation sites is 1. The lowest BCUT2D eigenvalue weighted by molar-refractivity contribution is -0.152. The van der Waals surface area contributed by atoms with Crippen molar-refractivity contribution < 1.29 is 27.4 Å². The molecule has 0 aliphatic carbocycles. The van der Waals surface area contributed by atoms with Gasteiger partial charge in [0.15, 0.2) is 0 Å². The predicted molar refractivity (Wildman–Crippen MR) is 127 cm³/mol. The molecule has 0 amide bonds. The summed E-state index contributed by atoms with van der Waals surface area (Å²) in [5.41, 5.74) is 2.82. The quantitative estimate of drug-likeness (QED) is 0.475. The lowest BCUT2D eigenvalue weighted by Crippen LogP contribution is -2.49. The number of hydrogen-bond donors (Lipinski definition) is 0. The molecule has 2 heterocycles. The molecule has 34 heavy (non-hydrogen) atoms. The lowest BCUT2D eigenvalue weighted by Gasteiger charge is -2.35. The van der Waals surface area contributed by atoms with E-state index in [4.69, 9.17) is 14.2 Å². The first-order chi connectivity index (χ1) is 16.3. The van der Waals surface area contributed by atoms with Crippen LogP contribution in [0.2, 0.25) is 0 Å². The first-order valence-electron chi connectivity index (χ1n) is 11.0. The number of hydrogen-bond acceptors (Lipinski definition) is 7. The molecule has 2 aromatic carbocycles. The van der Waals surface area contributed by atoms with Crippen molar-refractivity contribution in [3.05, 3.63) is 65.9 Å². The Labute approximate surface area is 199 Å². The zero-order valence-electron chi connectivity index (χ0n) is 19.4. The van der Waals surface area contributed by atoms with Gasteiger partial charge in [0.25, 0.3) is 0 Å². The predicted octanol–water partition coefficient (Wildman–Crippen LogP) is 3.32. The van der Waals surface area contributed by atoms with Crippen molar-refractivity contribution in [2.75, 3.05) is 27.4 Å². The van der Waals surface area contributed by atoms with E-state index in [2.05, 4.69) is 4.98 Å². The van der Waals surface area contributed by atoms with Crippen molar-refractivity contribution in [1.29, 1.82) is 0 Å². The maximum Gasteiger partial charge on any atom is 0.312 e. The Morgan fingerprint density at radius 1 is 1.18 bits per heavy atom. The van der Waals surface area contributed by atoms with Crippen molar-refractivity contribution in [2.45, 2.75) is 30.9 Å². The molecule has 4 rings (SSSR count). The van der Waals surface area contributed by atoms with Gasteiger partial charge in [-0.15, -0.1) is 0 Å². The highest BCUT2D eigenvalue weighted by Gasteiger charge is 2.40. The number of pyridine rings is 1. The standard InChI is InChI=1S/C25H28N2O6S/c1-17-14-18(21-6-4-5-7-23(21)26-17)15-33-19-8-10-20(11-9-19)34(29,30)27(2)24-12-13-32-16-22(24)25(28)31-3/h4-11,14,22,24H,12-13,15-16H2,1-3H3. The van der Waals surface area contributed by atoms with Crippen LogP contribution in [0.25, 0.3) is 10.9 Å². The molecule has 1 aliphatic rings. The fourth-order valence-electron chi connectivity index (χ4n) is 4.27.